The fraction of sp³-hybridized carbons (Fsp3) is 0.100. The third-order valence-electron chi connectivity index (χ3n) is 4.10. The van der Waals surface area contributed by atoms with E-state index in [0.717, 1.165) is 5.56 Å². The monoisotopic (exact) mass is 459 g/mol. The Morgan fingerprint density at radius 3 is 2.65 bits per heavy atom. The van der Waals surface area contributed by atoms with Gasteiger partial charge in [-0.1, -0.05) is 35.3 Å². The second-order valence-electron chi connectivity index (χ2n) is 6.33. The summed E-state index contributed by atoms with van der Waals surface area (Å²) >= 11 is 12.1. The van der Waals surface area contributed by atoms with Crippen molar-refractivity contribution in [1.82, 2.24) is 15.3 Å². The van der Waals surface area contributed by atoms with Gasteiger partial charge < -0.3 is 27.0 Å². The van der Waals surface area contributed by atoms with E-state index in [4.69, 9.17) is 28.9 Å². The molecule has 0 fully saturated rings. The van der Waals surface area contributed by atoms with Gasteiger partial charge in [0.15, 0.2) is 0 Å². The van der Waals surface area contributed by atoms with Crippen LogP contribution in [0.15, 0.2) is 48.7 Å². The summed E-state index contributed by atoms with van der Waals surface area (Å²) in [7, 11) is 1.50. The molecule has 11 heteroatoms. The molecule has 2 aromatic carbocycles. The van der Waals surface area contributed by atoms with Gasteiger partial charge in [0.2, 0.25) is 5.95 Å². The molecule has 6 N–H and O–H groups in total. The Morgan fingerprint density at radius 2 is 1.94 bits per heavy atom. The van der Waals surface area contributed by atoms with Crippen LogP contribution in [-0.4, -0.2) is 29.0 Å². The maximum Gasteiger partial charge on any atom is 0.319 e. The largest absolute Gasteiger partial charge is 0.365 e. The van der Waals surface area contributed by atoms with Crippen LogP contribution in [0.2, 0.25) is 10.0 Å². The quantitative estimate of drug-likeness (QED) is 0.362. The molecule has 9 nitrogen and oxygen atoms in total. The number of urea groups is 1. The molecule has 3 rings (SSSR count). The fourth-order valence-corrected chi connectivity index (χ4v) is 2.98. The standard InChI is InChI=1S/C20H19Cl2N7O2/c1-24-20(31)28-16-8-13(5-6-15(16)22)27-19-26-10-14(17(23)30)18(29-19)25-9-11-3-2-4-12(21)7-11/h2-8,10H,9H2,1H3,(H2,23,30)(H2,24,28,31)(H2,25,26,27,29). The van der Waals surface area contributed by atoms with Crippen molar-refractivity contribution in [3.63, 3.8) is 0 Å². The Hall–Kier alpha value is -3.56. The summed E-state index contributed by atoms with van der Waals surface area (Å²) in [4.78, 5) is 31.8. The Labute approximate surface area is 188 Å². The first-order valence-electron chi connectivity index (χ1n) is 9.06. The second-order valence-corrected chi connectivity index (χ2v) is 7.17. The Kier molecular flexibility index (Phi) is 7.11. The van der Waals surface area contributed by atoms with Crippen LogP contribution in [0.5, 0.6) is 0 Å². The summed E-state index contributed by atoms with van der Waals surface area (Å²) in [6.07, 6.45) is 1.33. The minimum Gasteiger partial charge on any atom is -0.365 e. The highest BCUT2D eigenvalue weighted by molar-refractivity contribution is 6.33. The summed E-state index contributed by atoms with van der Waals surface area (Å²) in [5.74, 6) is -0.182. The lowest BCUT2D eigenvalue weighted by Crippen LogP contribution is -2.24. The molecule has 0 spiro atoms. The van der Waals surface area contributed by atoms with Crippen LogP contribution in [0.25, 0.3) is 0 Å². The van der Waals surface area contributed by atoms with Crippen molar-refractivity contribution in [2.45, 2.75) is 6.54 Å². The number of halogens is 2. The summed E-state index contributed by atoms with van der Waals surface area (Å²) in [5, 5.41) is 12.1. The molecule has 1 aromatic heterocycles. The number of rotatable bonds is 7. The lowest BCUT2D eigenvalue weighted by atomic mass is 10.2. The van der Waals surface area contributed by atoms with Crippen LogP contribution in [0.3, 0.4) is 0 Å². The number of primary amides is 1. The van der Waals surface area contributed by atoms with Gasteiger partial charge in [-0.25, -0.2) is 9.78 Å². The van der Waals surface area contributed by atoms with Gasteiger partial charge in [-0.3, -0.25) is 4.79 Å². The lowest BCUT2D eigenvalue weighted by molar-refractivity contribution is 0.100. The minimum atomic E-state index is -0.663. The number of anilines is 4. The zero-order valence-electron chi connectivity index (χ0n) is 16.4. The van der Waals surface area contributed by atoms with Crippen molar-refractivity contribution < 1.29 is 9.59 Å². The topological polar surface area (TPSA) is 134 Å². The fourth-order valence-electron chi connectivity index (χ4n) is 2.60. The van der Waals surface area contributed by atoms with E-state index < -0.39 is 11.9 Å². The van der Waals surface area contributed by atoms with Gasteiger partial charge in [-0.05, 0) is 35.9 Å². The lowest BCUT2D eigenvalue weighted by Gasteiger charge is -2.13. The van der Waals surface area contributed by atoms with Crippen LogP contribution >= 0.6 is 23.2 Å². The zero-order chi connectivity index (χ0) is 22.4. The van der Waals surface area contributed by atoms with Crippen LogP contribution in [0.1, 0.15) is 15.9 Å². The molecule has 3 amide bonds. The molecule has 0 aliphatic rings. The smallest absolute Gasteiger partial charge is 0.319 e. The van der Waals surface area contributed by atoms with Gasteiger partial charge >= 0.3 is 6.03 Å². The molecular weight excluding hydrogens is 441 g/mol. The van der Waals surface area contributed by atoms with E-state index in [0.29, 0.717) is 28.0 Å². The predicted octanol–water partition coefficient (Wildman–Crippen LogP) is 3.99. The van der Waals surface area contributed by atoms with Crippen LogP contribution in [0, 0.1) is 0 Å². The molecule has 0 atom stereocenters. The zero-order valence-corrected chi connectivity index (χ0v) is 17.9. The number of benzene rings is 2. The van der Waals surface area contributed by atoms with Crippen molar-refractivity contribution >= 4 is 58.3 Å². The third kappa shape index (κ3) is 5.97. The third-order valence-corrected chi connectivity index (χ3v) is 4.67. The highest BCUT2D eigenvalue weighted by Crippen LogP contribution is 2.27. The van der Waals surface area contributed by atoms with E-state index in [9.17, 15) is 9.59 Å². The first-order chi connectivity index (χ1) is 14.9. The maximum absolute atomic E-state index is 11.8. The number of carbonyl (C=O) groups excluding carboxylic acids is 2. The molecular formula is C20H19Cl2N7O2. The van der Waals surface area contributed by atoms with E-state index >= 15 is 0 Å². The van der Waals surface area contributed by atoms with Gasteiger partial charge in [0.05, 0.1) is 16.3 Å². The molecule has 0 saturated carbocycles. The molecule has 31 heavy (non-hydrogen) atoms. The first kappa shape index (κ1) is 22.1. The van der Waals surface area contributed by atoms with Crippen molar-refractivity contribution in [1.29, 1.82) is 0 Å². The molecule has 0 saturated heterocycles. The van der Waals surface area contributed by atoms with Gasteiger partial charge in [0, 0.05) is 30.5 Å². The van der Waals surface area contributed by atoms with Crippen molar-refractivity contribution in [3.05, 3.63) is 69.8 Å². The Balaban J connectivity index is 1.82. The molecule has 1 heterocycles. The van der Waals surface area contributed by atoms with Crippen molar-refractivity contribution in [2.24, 2.45) is 5.73 Å². The predicted molar refractivity (Wildman–Crippen MR) is 122 cm³/mol. The number of amides is 3. The summed E-state index contributed by atoms with van der Waals surface area (Å²) in [6, 6.07) is 11.8. The number of aromatic nitrogens is 2. The van der Waals surface area contributed by atoms with E-state index in [-0.39, 0.29) is 17.3 Å². The molecule has 160 valence electrons. The van der Waals surface area contributed by atoms with E-state index in [1.54, 1.807) is 30.3 Å². The molecule has 0 aliphatic heterocycles. The highest BCUT2D eigenvalue weighted by atomic mass is 35.5. The molecule has 0 bridgehead atoms. The van der Waals surface area contributed by atoms with Gasteiger partial charge in [0.1, 0.15) is 5.82 Å². The number of nitrogens with zero attached hydrogens (tertiary/aromatic N) is 2. The molecule has 0 aliphatic carbocycles. The van der Waals surface area contributed by atoms with E-state index in [1.807, 2.05) is 12.1 Å². The summed E-state index contributed by atoms with van der Waals surface area (Å²) in [6.45, 7) is 0.373. The molecule has 3 aromatic rings. The van der Waals surface area contributed by atoms with Crippen molar-refractivity contribution in [2.75, 3.05) is 23.0 Å². The number of hydrogen-bond acceptors (Lipinski definition) is 6. The second kappa shape index (κ2) is 9.96. The highest BCUT2D eigenvalue weighted by Gasteiger charge is 2.13. The normalized spacial score (nSPS) is 10.3. The number of carbonyl (C=O) groups is 2. The van der Waals surface area contributed by atoms with Gasteiger partial charge in [-0.15, -0.1) is 0 Å². The summed E-state index contributed by atoms with van der Waals surface area (Å²) in [5.41, 5.74) is 7.47. The number of nitrogens with one attached hydrogen (secondary N) is 4. The Bertz CT molecular complexity index is 1120. The minimum absolute atomic E-state index is 0.144. The average Bonchev–Trinajstić information content (AvgIpc) is 2.74. The number of hydrogen-bond donors (Lipinski definition) is 5. The first-order valence-corrected chi connectivity index (χ1v) is 9.82. The SMILES string of the molecule is CNC(=O)Nc1cc(Nc2ncc(C(N)=O)c(NCc3cccc(Cl)c3)n2)ccc1Cl. The van der Waals surface area contributed by atoms with Crippen molar-refractivity contribution in [3.8, 4) is 0 Å². The van der Waals surface area contributed by atoms with Crippen LogP contribution < -0.4 is 27.0 Å². The van der Waals surface area contributed by atoms with E-state index in [1.165, 1.54) is 13.2 Å². The summed E-state index contributed by atoms with van der Waals surface area (Å²) < 4.78 is 0. The number of nitrogens with two attached hydrogens (primary N) is 1. The molecule has 0 radical (unpaired) electrons. The van der Waals surface area contributed by atoms with E-state index in [2.05, 4.69) is 31.2 Å². The maximum atomic E-state index is 11.8. The van der Waals surface area contributed by atoms with Gasteiger partial charge in [-0.2, -0.15) is 4.98 Å². The Morgan fingerprint density at radius 1 is 1.13 bits per heavy atom. The van der Waals surface area contributed by atoms with Crippen LogP contribution in [0.4, 0.5) is 27.9 Å². The van der Waals surface area contributed by atoms with Gasteiger partial charge in [0.25, 0.3) is 5.91 Å². The average molecular weight is 460 g/mol. The van der Waals surface area contributed by atoms with Crippen LogP contribution in [-0.2, 0) is 6.54 Å². The molecule has 0 unspecified atom stereocenters.